The van der Waals surface area contributed by atoms with Crippen molar-refractivity contribution in [3.63, 3.8) is 0 Å². The normalized spacial score (nSPS) is 13.7. The Morgan fingerprint density at radius 2 is 1.72 bits per heavy atom. The maximum Gasteiger partial charge on any atom is 0.225 e. The van der Waals surface area contributed by atoms with Crippen LogP contribution in [0, 0.1) is 11.8 Å². The van der Waals surface area contributed by atoms with E-state index in [1.54, 1.807) is 19.4 Å². The Morgan fingerprint density at radius 1 is 0.974 bits per heavy atom. The molecule has 7 nitrogen and oxygen atoms in total. The summed E-state index contributed by atoms with van der Waals surface area (Å²) in [4.78, 5) is 28.3. The van der Waals surface area contributed by atoms with E-state index in [4.69, 9.17) is 4.98 Å². The molecule has 7 heteroatoms. The molecule has 0 aliphatic heterocycles. The summed E-state index contributed by atoms with van der Waals surface area (Å²) in [5.41, 5.74) is 3.81. The van der Waals surface area contributed by atoms with E-state index in [1.165, 1.54) is 31.2 Å². The maximum atomic E-state index is 12.6. The third-order valence-electron chi connectivity index (χ3n) is 7.59. The van der Waals surface area contributed by atoms with Crippen LogP contribution in [0.3, 0.4) is 0 Å². The van der Waals surface area contributed by atoms with Gasteiger partial charge in [0.15, 0.2) is 0 Å². The summed E-state index contributed by atoms with van der Waals surface area (Å²) in [5, 5.41) is 3.39. The van der Waals surface area contributed by atoms with Gasteiger partial charge in [-0.05, 0) is 55.0 Å². The van der Waals surface area contributed by atoms with E-state index in [1.807, 2.05) is 51.9 Å². The highest BCUT2D eigenvalue weighted by molar-refractivity contribution is 5.94. The first-order valence-corrected chi connectivity index (χ1v) is 14.3. The lowest BCUT2D eigenvalue weighted by Crippen LogP contribution is -2.32. The first kappa shape index (κ1) is 28.3. The Morgan fingerprint density at radius 3 is 2.44 bits per heavy atom. The van der Waals surface area contributed by atoms with Crippen LogP contribution < -0.4 is 10.2 Å². The third kappa shape index (κ3) is 7.43. The van der Waals surface area contributed by atoms with Crippen molar-refractivity contribution in [2.45, 2.75) is 72.8 Å². The van der Waals surface area contributed by atoms with Gasteiger partial charge in [-0.1, -0.05) is 76.8 Å². The van der Waals surface area contributed by atoms with E-state index in [0.717, 1.165) is 34.9 Å². The fraction of sp³-hybridized carbons (Fsp3) is 0.438. The Hall–Kier alpha value is -3.74. The second-order valence-electron chi connectivity index (χ2n) is 10.8. The predicted octanol–water partition coefficient (Wildman–Crippen LogP) is 7.58. The van der Waals surface area contributed by atoms with Gasteiger partial charge >= 0.3 is 0 Å². The van der Waals surface area contributed by atoms with Gasteiger partial charge in [-0.2, -0.15) is 4.98 Å². The molecule has 2 unspecified atom stereocenters. The van der Waals surface area contributed by atoms with Crippen LogP contribution in [-0.2, 0) is 4.79 Å². The van der Waals surface area contributed by atoms with E-state index in [0.29, 0.717) is 18.4 Å². The summed E-state index contributed by atoms with van der Waals surface area (Å²) in [7, 11) is 0. The number of hydrogen-bond donors (Lipinski definition) is 1. The van der Waals surface area contributed by atoms with Gasteiger partial charge in [0.1, 0.15) is 12.1 Å². The Bertz CT molecular complexity index is 1350. The minimum Gasteiger partial charge on any atom is -0.348 e. The molecule has 39 heavy (non-hydrogen) atoms. The number of nitrogens with one attached hydrogen (secondary N) is 1. The number of aromatic nitrogens is 4. The van der Waals surface area contributed by atoms with Crippen molar-refractivity contribution < 1.29 is 4.79 Å². The van der Waals surface area contributed by atoms with Gasteiger partial charge in [0.25, 0.3) is 0 Å². The fourth-order valence-electron chi connectivity index (χ4n) is 4.93. The number of fused-ring (bicyclic) bond motifs is 1. The summed E-state index contributed by atoms with van der Waals surface area (Å²) >= 11 is 0. The van der Waals surface area contributed by atoms with Crippen molar-refractivity contribution in [3.05, 3.63) is 72.7 Å². The molecule has 0 saturated carbocycles. The summed E-state index contributed by atoms with van der Waals surface area (Å²) in [6, 6.07) is 18.2. The molecular weight excluding hydrogens is 484 g/mol. The van der Waals surface area contributed by atoms with Crippen LogP contribution in [-0.4, -0.2) is 32.0 Å². The van der Waals surface area contributed by atoms with Gasteiger partial charge in [0, 0.05) is 25.4 Å². The second-order valence-corrected chi connectivity index (χ2v) is 10.8. The molecule has 0 fully saturated rings. The monoisotopic (exact) mass is 526 g/mol. The van der Waals surface area contributed by atoms with E-state index in [-0.39, 0.29) is 11.9 Å². The number of imidazole rings is 1. The molecule has 0 radical (unpaired) electrons. The number of carbonyl (C=O) groups excluding carboxylic acids is 1. The van der Waals surface area contributed by atoms with Gasteiger partial charge < -0.3 is 10.2 Å². The zero-order valence-electron chi connectivity index (χ0n) is 24.0. The molecular formula is C32H42N6O. The van der Waals surface area contributed by atoms with Crippen molar-refractivity contribution in [3.8, 4) is 5.82 Å². The third-order valence-corrected chi connectivity index (χ3v) is 7.59. The van der Waals surface area contributed by atoms with Crippen molar-refractivity contribution in [1.82, 2.24) is 19.5 Å². The molecule has 2 heterocycles. The number of nitrogens with zero attached hydrogens (tertiary/aromatic N) is 5. The predicted molar refractivity (Wildman–Crippen MR) is 160 cm³/mol. The molecule has 206 valence electrons. The van der Waals surface area contributed by atoms with Crippen LogP contribution in [0.15, 0.2) is 67.1 Å². The first-order chi connectivity index (χ1) is 18.9. The molecule has 0 aliphatic carbocycles. The summed E-state index contributed by atoms with van der Waals surface area (Å²) < 4.78 is 1.96. The molecule has 0 bridgehead atoms. The summed E-state index contributed by atoms with van der Waals surface area (Å²) in [6.45, 7) is 11.3. The van der Waals surface area contributed by atoms with Gasteiger partial charge in [0.05, 0.1) is 17.1 Å². The average Bonchev–Trinajstić information content (AvgIpc) is 3.37. The van der Waals surface area contributed by atoms with Crippen molar-refractivity contribution in [2.24, 2.45) is 11.8 Å². The van der Waals surface area contributed by atoms with Gasteiger partial charge in [0.2, 0.25) is 11.9 Å². The van der Waals surface area contributed by atoms with Crippen LogP contribution in [0.25, 0.3) is 16.9 Å². The Balaban J connectivity index is 1.46. The lowest BCUT2D eigenvalue weighted by atomic mass is 9.97. The highest BCUT2D eigenvalue weighted by Gasteiger charge is 2.17. The summed E-state index contributed by atoms with van der Waals surface area (Å²) in [5.74, 6) is 2.58. The Kier molecular flexibility index (Phi) is 9.69. The largest absolute Gasteiger partial charge is 0.348 e. The number of hydrogen-bond acceptors (Lipinski definition) is 5. The Labute approximate surface area is 232 Å². The first-order valence-electron chi connectivity index (χ1n) is 14.3. The van der Waals surface area contributed by atoms with Crippen LogP contribution in [0.5, 0.6) is 0 Å². The molecule has 2 aromatic carbocycles. The van der Waals surface area contributed by atoms with E-state index in [2.05, 4.69) is 55.1 Å². The van der Waals surface area contributed by atoms with Crippen LogP contribution >= 0.6 is 0 Å². The zero-order chi connectivity index (χ0) is 27.8. The fourth-order valence-corrected chi connectivity index (χ4v) is 4.93. The smallest absolute Gasteiger partial charge is 0.225 e. The number of rotatable bonds is 13. The van der Waals surface area contributed by atoms with Crippen molar-refractivity contribution >= 4 is 28.6 Å². The van der Waals surface area contributed by atoms with Crippen molar-refractivity contribution in [2.75, 3.05) is 16.8 Å². The van der Waals surface area contributed by atoms with Gasteiger partial charge in [-0.25, -0.2) is 9.97 Å². The molecule has 4 rings (SSSR count). The van der Waals surface area contributed by atoms with E-state index in [9.17, 15) is 4.79 Å². The van der Waals surface area contributed by atoms with E-state index >= 15 is 0 Å². The number of amides is 1. The van der Waals surface area contributed by atoms with Gasteiger partial charge in [-0.15, -0.1) is 0 Å². The molecule has 0 saturated heterocycles. The van der Waals surface area contributed by atoms with Crippen LogP contribution in [0.1, 0.15) is 78.3 Å². The highest BCUT2D eigenvalue weighted by Crippen LogP contribution is 2.26. The number of carbonyl (C=O) groups is 1. The van der Waals surface area contributed by atoms with Crippen LogP contribution in [0.2, 0.25) is 0 Å². The van der Waals surface area contributed by atoms with Gasteiger partial charge in [-0.3, -0.25) is 9.36 Å². The SMILES string of the molecule is CCC(C)CCCCC(C)CN(C(C)=O)c1ccc2c(c1)ncn2-c1ccnc(N[C@@H](C)c2ccccc2)n1. The van der Waals surface area contributed by atoms with Crippen LogP contribution in [0.4, 0.5) is 11.6 Å². The molecule has 3 atom stereocenters. The molecule has 1 amide bonds. The number of benzene rings is 2. The molecule has 1 N–H and O–H groups in total. The maximum absolute atomic E-state index is 12.6. The minimum atomic E-state index is 0.0549. The average molecular weight is 527 g/mol. The van der Waals surface area contributed by atoms with E-state index < -0.39 is 0 Å². The van der Waals surface area contributed by atoms with Crippen molar-refractivity contribution in [1.29, 1.82) is 0 Å². The zero-order valence-corrected chi connectivity index (χ0v) is 24.0. The molecule has 0 aliphatic rings. The minimum absolute atomic E-state index is 0.0549. The molecule has 2 aromatic heterocycles. The quantitative estimate of drug-likeness (QED) is 0.182. The highest BCUT2D eigenvalue weighted by atomic mass is 16.2. The number of anilines is 2. The summed E-state index contributed by atoms with van der Waals surface area (Å²) in [6.07, 6.45) is 9.66. The molecule has 4 aromatic rings. The number of unbranched alkanes of at least 4 members (excludes halogenated alkanes) is 1. The second kappa shape index (κ2) is 13.4. The lowest BCUT2D eigenvalue weighted by Gasteiger charge is -2.25. The topological polar surface area (TPSA) is 75.9 Å². The standard InChI is InChI=1S/C32H42N6O/c1-6-23(2)12-10-11-13-24(3)21-37(26(5)39)28-16-17-30-29(20-28)34-22-38(30)31-18-19-33-32(36-31)35-25(4)27-14-8-7-9-15-27/h7-9,14-20,22-25H,6,10-13,21H2,1-5H3,(H,33,35,36)/t23?,24?,25-/m0/s1. The molecule has 0 spiro atoms. The lowest BCUT2D eigenvalue weighted by molar-refractivity contribution is -0.116.